The molecule has 0 radical (unpaired) electrons. The highest BCUT2D eigenvalue weighted by atomic mass is 16.2. The molecule has 2 rings (SSSR count). The molecule has 0 bridgehead atoms. The molecule has 0 aliphatic carbocycles. The van der Waals surface area contributed by atoms with E-state index in [0.717, 1.165) is 16.7 Å². The van der Waals surface area contributed by atoms with E-state index in [1.807, 2.05) is 44.2 Å². The lowest BCUT2D eigenvalue weighted by molar-refractivity contribution is -0.135. The van der Waals surface area contributed by atoms with Crippen LogP contribution in [-0.2, 0) is 22.4 Å². The Bertz CT molecular complexity index is 902. The first-order valence-corrected chi connectivity index (χ1v) is 8.30. The molecule has 0 spiro atoms. The van der Waals surface area contributed by atoms with Crippen LogP contribution in [0.4, 0.5) is 5.69 Å². The number of nitrogens with zero attached hydrogens (tertiary/aromatic N) is 2. The van der Waals surface area contributed by atoms with Crippen molar-refractivity contribution >= 4 is 17.4 Å². The molecule has 0 saturated heterocycles. The Labute approximate surface area is 152 Å². The Balaban J connectivity index is 2.22. The van der Waals surface area contributed by atoms with Gasteiger partial charge in [-0.1, -0.05) is 49.4 Å². The van der Waals surface area contributed by atoms with Crippen molar-refractivity contribution in [2.24, 2.45) is 0 Å². The fraction of sp³-hybridized carbons (Fsp3) is 0.238. The standard InChI is InChI=1S/C21H19N3O2/c1-3-16-6-4-5-14(2)19(16)24-21(26)20(25)18(13-23)17-9-7-15(8-10-17)11-12-22/h4-10,18H,3,11H2,1-2H3,(H,24,26). The Hall–Kier alpha value is -3.44. The Morgan fingerprint density at radius 3 is 2.38 bits per heavy atom. The third-order valence-electron chi connectivity index (χ3n) is 4.19. The molecular weight excluding hydrogens is 326 g/mol. The fourth-order valence-corrected chi connectivity index (χ4v) is 2.71. The molecule has 0 heterocycles. The van der Waals surface area contributed by atoms with E-state index in [-0.39, 0.29) is 6.42 Å². The number of hydrogen-bond acceptors (Lipinski definition) is 4. The van der Waals surface area contributed by atoms with Gasteiger partial charge in [0.2, 0.25) is 5.78 Å². The minimum atomic E-state index is -1.18. The summed E-state index contributed by atoms with van der Waals surface area (Å²) in [7, 11) is 0. The summed E-state index contributed by atoms with van der Waals surface area (Å²) in [5.74, 6) is -2.78. The maximum Gasteiger partial charge on any atom is 0.293 e. The van der Waals surface area contributed by atoms with Gasteiger partial charge in [0.1, 0.15) is 5.92 Å². The first-order chi connectivity index (χ1) is 12.5. The second-order valence-corrected chi connectivity index (χ2v) is 5.92. The average Bonchev–Trinajstić information content (AvgIpc) is 2.65. The van der Waals surface area contributed by atoms with Gasteiger partial charge in [0.15, 0.2) is 0 Å². The summed E-state index contributed by atoms with van der Waals surface area (Å²) < 4.78 is 0. The molecule has 2 aromatic rings. The highest BCUT2D eigenvalue weighted by Crippen LogP contribution is 2.23. The van der Waals surface area contributed by atoms with Crippen molar-refractivity contribution in [2.45, 2.75) is 32.6 Å². The number of hydrogen-bond donors (Lipinski definition) is 1. The second-order valence-electron chi connectivity index (χ2n) is 5.92. The molecule has 0 aromatic heterocycles. The third kappa shape index (κ3) is 4.15. The number of Topliss-reactive ketones (excluding diaryl/α,β-unsaturated/α-hetero) is 1. The summed E-state index contributed by atoms with van der Waals surface area (Å²) in [6.07, 6.45) is 0.965. The van der Waals surface area contributed by atoms with Gasteiger partial charge in [-0.05, 0) is 35.6 Å². The van der Waals surface area contributed by atoms with Gasteiger partial charge < -0.3 is 5.32 Å². The highest BCUT2D eigenvalue weighted by Gasteiger charge is 2.27. The zero-order valence-electron chi connectivity index (χ0n) is 14.7. The van der Waals surface area contributed by atoms with Gasteiger partial charge in [0.05, 0.1) is 18.6 Å². The van der Waals surface area contributed by atoms with E-state index in [0.29, 0.717) is 17.7 Å². The maximum absolute atomic E-state index is 12.5. The first-order valence-electron chi connectivity index (χ1n) is 8.30. The molecule has 2 aromatic carbocycles. The largest absolute Gasteiger partial charge is 0.319 e. The van der Waals surface area contributed by atoms with Crippen molar-refractivity contribution in [2.75, 3.05) is 5.32 Å². The molecule has 1 atom stereocenters. The summed E-state index contributed by atoms with van der Waals surface area (Å²) in [5.41, 5.74) is 3.64. The van der Waals surface area contributed by atoms with E-state index >= 15 is 0 Å². The molecule has 1 amide bonds. The molecule has 0 fully saturated rings. The smallest absolute Gasteiger partial charge is 0.293 e. The number of carbonyl (C=O) groups is 2. The summed E-state index contributed by atoms with van der Waals surface area (Å²) in [6, 6.07) is 16.2. The Morgan fingerprint density at radius 1 is 1.12 bits per heavy atom. The van der Waals surface area contributed by atoms with E-state index in [2.05, 4.69) is 5.32 Å². The van der Waals surface area contributed by atoms with Crippen LogP contribution in [0.15, 0.2) is 42.5 Å². The van der Waals surface area contributed by atoms with Crippen molar-refractivity contribution in [1.29, 1.82) is 10.5 Å². The fourth-order valence-electron chi connectivity index (χ4n) is 2.71. The number of amides is 1. The molecule has 0 aliphatic heterocycles. The van der Waals surface area contributed by atoms with Crippen LogP contribution < -0.4 is 5.32 Å². The van der Waals surface area contributed by atoms with Crippen molar-refractivity contribution < 1.29 is 9.59 Å². The number of nitriles is 2. The lowest BCUT2D eigenvalue weighted by atomic mass is 9.94. The monoisotopic (exact) mass is 345 g/mol. The van der Waals surface area contributed by atoms with E-state index in [9.17, 15) is 14.9 Å². The van der Waals surface area contributed by atoms with E-state index in [1.165, 1.54) is 0 Å². The van der Waals surface area contributed by atoms with Crippen LogP contribution in [0.3, 0.4) is 0 Å². The highest BCUT2D eigenvalue weighted by molar-refractivity contribution is 6.43. The zero-order valence-corrected chi connectivity index (χ0v) is 14.7. The average molecular weight is 345 g/mol. The predicted molar refractivity (Wildman–Crippen MR) is 98.3 cm³/mol. The van der Waals surface area contributed by atoms with Gasteiger partial charge in [0.25, 0.3) is 5.91 Å². The number of carbonyl (C=O) groups excluding carboxylic acids is 2. The van der Waals surface area contributed by atoms with Crippen LogP contribution in [0.25, 0.3) is 0 Å². The maximum atomic E-state index is 12.5. The molecule has 1 unspecified atom stereocenters. The van der Waals surface area contributed by atoms with E-state index in [4.69, 9.17) is 5.26 Å². The van der Waals surface area contributed by atoms with Gasteiger partial charge in [-0.25, -0.2) is 0 Å². The quantitative estimate of drug-likeness (QED) is 0.812. The number of aryl methyl sites for hydroxylation is 2. The van der Waals surface area contributed by atoms with Crippen LogP contribution in [0.5, 0.6) is 0 Å². The molecular formula is C21H19N3O2. The predicted octanol–water partition coefficient (Wildman–Crippen LogP) is 3.44. The molecule has 1 N–H and O–H groups in total. The van der Waals surface area contributed by atoms with Crippen LogP contribution >= 0.6 is 0 Å². The number of nitrogens with one attached hydrogen (secondary N) is 1. The zero-order chi connectivity index (χ0) is 19.1. The molecule has 5 nitrogen and oxygen atoms in total. The second kappa shape index (κ2) is 8.60. The van der Waals surface area contributed by atoms with Crippen molar-refractivity contribution in [3.63, 3.8) is 0 Å². The Morgan fingerprint density at radius 2 is 1.81 bits per heavy atom. The van der Waals surface area contributed by atoms with Crippen LogP contribution in [0.1, 0.15) is 35.1 Å². The number of benzene rings is 2. The van der Waals surface area contributed by atoms with E-state index < -0.39 is 17.6 Å². The lowest BCUT2D eigenvalue weighted by Crippen LogP contribution is -2.28. The molecule has 130 valence electrons. The third-order valence-corrected chi connectivity index (χ3v) is 4.19. The molecule has 26 heavy (non-hydrogen) atoms. The van der Waals surface area contributed by atoms with Gasteiger partial charge >= 0.3 is 0 Å². The summed E-state index contributed by atoms with van der Waals surface area (Å²) >= 11 is 0. The molecule has 0 aliphatic rings. The number of anilines is 1. The topological polar surface area (TPSA) is 93.8 Å². The number of rotatable bonds is 6. The van der Waals surface area contributed by atoms with E-state index in [1.54, 1.807) is 24.3 Å². The van der Waals surface area contributed by atoms with Gasteiger partial charge in [-0.3, -0.25) is 9.59 Å². The van der Waals surface area contributed by atoms with Gasteiger partial charge in [0, 0.05) is 5.69 Å². The lowest BCUT2D eigenvalue weighted by Gasteiger charge is -2.14. The minimum Gasteiger partial charge on any atom is -0.319 e. The molecule has 5 heteroatoms. The van der Waals surface area contributed by atoms with Gasteiger partial charge in [-0.2, -0.15) is 10.5 Å². The minimum absolute atomic E-state index is 0.249. The molecule has 0 saturated carbocycles. The summed E-state index contributed by atoms with van der Waals surface area (Å²) in [6.45, 7) is 3.82. The SMILES string of the molecule is CCc1cccc(C)c1NC(=O)C(=O)C(C#N)c1ccc(CC#N)cc1. The van der Waals surface area contributed by atoms with Crippen LogP contribution in [-0.4, -0.2) is 11.7 Å². The summed E-state index contributed by atoms with van der Waals surface area (Å²) in [5, 5.41) is 20.8. The van der Waals surface area contributed by atoms with Crippen LogP contribution in [0, 0.1) is 29.6 Å². The number of para-hydroxylation sites is 1. The Kier molecular flexibility index (Phi) is 6.25. The van der Waals surface area contributed by atoms with Crippen molar-refractivity contribution in [1.82, 2.24) is 0 Å². The number of ketones is 1. The van der Waals surface area contributed by atoms with Crippen LogP contribution in [0.2, 0.25) is 0 Å². The normalized spacial score (nSPS) is 11.1. The summed E-state index contributed by atoms with van der Waals surface area (Å²) in [4.78, 5) is 24.9. The van der Waals surface area contributed by atoms with Crippen molar-refractivity contribution in [3.8, 4) is 12.1 Å². The van der Waals surface area contributed by atoms with Gasteiger partial charge in [-0.15, -0.1) is 0 Å². The van der Waals surface area contributed by atoms with Crippen molar-refractivity contribution in [3.05, 3.63) is 64.7 Å². The first kappa shape index (κ1) is 18.9.